The summed E-state index contributed by atoms with van der Waals surface area (Å²) in [7, 11) is 0. The molecule has 1 N–H and O–H groups in total. The Labute approximate surface area is 123 Å². The molecule has 1 aliphatic rings. The van der Waals surface area contributed by atoms with Crippen LogP contribution in [0.2, 0.25) is 0 Å². The fraction of sp³-hybridized carbons (Fsp3) is 0.667. The minimum Gasteiger partial charge on any atom is -0.317 e. The Hall–Kier alpha value is -0.640. The maximum Gasteiger partial charge on any atom is 0.0544 e. The molecule has 2 heterocycles. The summed E-state index contributed by atoms with van der Waals surface area (Å²) in [4.78, 5) is 7.01. The summed E-state index contributed by atoms with van der Waals surface area (Å²) in [6.07, 6.45) is 4.60. The Bertz CT molecular complexity index is 345. The quantitative estimate of drug-likeness (QED) is 0.900. The molecule has 1 aliphatic heterocycles. The molecule has 0 unspecified atom stereocenters. The van der Waals surface area contributed by atoms with E-state index in [-0.39, 0.29) is 12.4 Å². The lowest BCUT2D eigenvalue weighted by atomic mass is 9.96. The molecule has 1 saturated heterocycles. The smallest absolute Gasteiger partial charge is 0.0544 e. The first-order chi connectivity index (χ1) is 8.78. The Morgan fingerprint density at radius 3 is 2.63 bits per heavy atom. The largest absolute Gasteiger partial charge is 0.317 e. The van der Waals surface area contributed by atoms with Gasteiger partial charge in [0.05, 0.1) is 5.69 Å². The highest BCUT2D eigenvalue weighted by atomic mass is 35.5. The van der Waals surface area contributed by atoms with Gasteiger partial charge in [-0.25, -0.2) is 0 Å². The molecule has 0 saturated carbocycles. The molecule has 0 bridgehead atoms. The zero-order valence-electron chi connectivity index (χ0n) is 12.1. The van der Waals surface area contributed by atoms with Crippen LogP contribution in [-0.2, 0) is 6.54 Å². The van der Waals surface area contributed by atoms with Crippen molar-refractivity contribution in [2.75, 3.05) is 26.2 Å². The van der Waals surface area contributed by atoms with Crippen molar-refractivity contribution in [2.45, 2.75) is 33.2 Å². The van der Waals surface area contributed by atoms with Crippen LogP contribution in [-0.4, -0.2) is 36.1 Å². The standard InChI is InChI=1S/C15H25N3.ClH/c1-3-16-11-14-6-8-18(9-7-14)12-15-5-4-13(2)10-17-15;/h4-5,10,14,16H,3,6-9,11-12H2,1-2H3;1H. The van der Waals surface area contributed by atoms with E-state index in [0.717, 1.165) is 19.0 Å². The van der Waals surface area contributed by atoms with Crippen molar-refractivity contribution >= 4 is 12.4 Å². The average Bonchev–Trinajstić information content (AvgIpc) is 2.41. The third-order valence-electron chi connectivity index (χ3n) is 3.75. The Kier molecular flexibility index (Phi) is 7.36. The zero-order chi connectivity index (χ0) is 12.8. The Morgan fingerprint density at radius 2 is 2.05 bits per heavy atom. The van der Waals surface area contributed by atoms with Gasteiger partial charge < -0.3 is 5.32 Å². The van der Waals surface area contributed by atoms with Crippen LogP contribution in [0.3, 0.4) is 0 Å². The average molecular weight is 284 g/mol. The fourth-order valence-electron chi connectivity index (χ4n) is 2.52. The summed E-state index contributed by atoms with van der Waals surface area (Å²) >= 11 is 0. The number of likely N-dealkylation sites (tertiary alicyclic amines) is 1. The second-order valence-electron chi connectivity index (χ2n) is 5.35. The minimum atomic E-state index is 0. The summed E-state index contributed by atoms with van der Waals surface area (Å²) in [6, 6.07) is 4.31. The maximum atomic E-state index is 4.49. The molecule has 0 aromatic carbocycles. The number of aromatic nitrogens is 1. The van der Waals surface area contributed by atoms with Crippen molar-refractivity contribution in [2.24, 2.45) is 5.92 Å². The van der Waals surface area contributed by atoms with E-state index < -0.39 is 0 Å². The third-order valence-corrected chi connectivity index (χ3v) is 3.75. The monoisotopic (exact) mass is 283 g/mol. The van der Waals surface area contributed by atoms with Crippen molar-refractivity contribution in [3.05, 3.63) is 29.6 Å². The van der Waals surface area contributed by atoms with Crippen LogP contribution in [0.15, 0.2) is 18.3 Å². The van der Waals surface area contributed by atoms with Gasteiger partial charge in [0.15, 0.2) is 0 Å². The van der Waals surface area contributed by atoms with Crippen LogP contribution in [0.4, 0.5) is 0 Å². The molecule has 1 fully saturated rings. The maximum absolute atomic E-state index is 4.49. The third kappa shape index (κ3) is 5.47. The molecular weight excluding hydrogens is 258 g/mol. The summed E-state index contributed by atoms with van der Waals surface area (Å²) in [5, 5.41) is 3.46. The molecule has 0 atom stereocenters. The number of nitrogens with zero attached hydrogens (tertiary/aromatic N) is 2. The van der Waals surface area contributed by atoms with Gasteiger partial charge in [0.1, 0.15) is 0 Å². The number of rotatable bonds is 5. The molecule has 0 amide bonds. The van der Waals surface area contributed by atoms with Crippen LogP contribution in [0, 0.1) is 12.8 Å². The first-order valence-corrected chi connectivity index (χ1v) is 7.12. The van der Waals surface area contributed by atoms with Gasteiger partial charge in [-0.1, -0.05) is 13.0 Å². The van der Waals surface area contributed by atoms with Gasteiger partial charge in [-0.3, -0.25) is 9.88 Å². The molecule has 0 spiro atoms. The van der Waals surface area contributed by atoms with Crippen molar-refractivity contribution < 1.29 is 0 Å². The van der Waals surface area contributed by atoms with Crippen LogP contribution >= 0.6 is 12.4 Å². The zero-order valence-corrected chi connectivity index (χ0v) is 12.9. The number of hydrogen-bond donors (Lipinski definition) is 1. The molecule has 0 radical (unpaired) electrons. The molecule has 2 rings (SSSR count). The summed E-state index contributed by atoms with van der Waals surface area (Å²) in [6.45, 7) is 9.98. The van der Waals surface area contributed by atoms with Crippen molar-refractivity contribution in [1.82, 2.24) is 15.2 Å². The number of pyridine rings is 1. The lowest BCUT2D eigenvalue weighted by Crippen LogP contribution is -2.37. The van der Waals surface area contributed by atoms with Gasteiger partial charge in [-0.05, 0) is 63.5 Å². The lowest BCUT2D eigenvalue weighted by molar-refractivity contribution is 0.174. The Balaban J connectivity index is 0.00000180. The van der Waals surface area contributed by atoms with Crippen LogP contribution in [0.25, 0.3) is 0 Å². The first kappa shape index (κ1) is 16.4. The van der Waals surface area contributed by atoms with Gasteiger partial charge in [0, 0.05) is 12.7 Å². The van der Waals surface area contributed by atoms with Crippen LogP contribution in [0.1, 0.15) is 31.0 Å². The van der Waals surface area contributed by atoms with Crippen LogP contribution < -0.4 is 5.32 Å². The van der Waals surface area contributed by atoms with Crippen molar-refractivity contribution in [3.63, 3.8) is 0 Å². The number of aryl methyl sites for hydroxylation is 1. The van der Waals surface area contributed by atoms with E-state index in [2.05, 4.69) is 41.2 Å². The summed E-state index contributed by atoms with van der Waals surface area (Å²) in [5.41, 5.74) is 2.44. The van der Waals surface area contributed by atoms with E-state index in [9.17, 15) is 0 Å². The molecule has 4 heteroatoms. The normalized spacial score (nSPS) is 17.2. The summed E-state index contributed by atoms with van der Waals surface area (Å²) in [5.74, 6) is 0.868. The highest BCUT2D eigenvalue weighted by Crippen LogP contribution is 2.17. The Morgan fingerprint density at radius 1 is 1.32 bits per heavy atom. The number of nitrogens with one attached hydrogen (secondary N) is 1. The molecule has 1 aromatic rings. The van der Waals surface area contributed by atoms with Crippen molar-refractivity contribution in [3.8, 4) is 0 Å². The second-order valence-corrected chi connectivity index (χ2v) is 5.35. The number of piperidine rings is 1. The topological polar surface area (TPSA) is 28.2 Å². The highest BCUT2D eigenvalue weighted by Gasteiger charge is 2.18. The molecule has 1 aromatic heterocycles. The predicted molar refractivity (Wildman–Crippen MR) is 82.8 cm³/mol. The molecular formula is C15H26ClN3. The number of hydrogen-bond acceptors (Lipinski definition) is 3. The van der Waals surface area contributed by atoms with Gasteiger partial charge in [0.2, 0.25) is 0 Å². The molecule has 19 heavy (non-hydrogen) atoms. The molecule has 0 aliphatic carbocycles. The van der Waals surface area contributed by atoms with E-state index in [4.69, 9.17) is 0 Å². The van der Waals surface area contributed by atoms with Crippen molar-refractivity contribution in [1.29, 1.82) is 0 Å². The van der Waals surface area contributed by atoms with Gasteiger partial charge >= 0.3 is 0 Å². The SMILES string of the molecule is CCNCC1CCN(Cc2ccc(C)cn2)CC1.Cl. The highest BCUT2D eigenvalue weighted by molar-refractivity contribution is 5.85. The molecule has 108 valence electrons. The fourth-order valence-corrected chi connectivity index (χ4v) is 2.52. The van der Waals surface area contributed by atoms with E-state index in [0.29, 0.717) is 0 Å². The number of halogens is 1. The van der Waals surface area contributed by atoms with Gasteiger partial charge in [-0.2, -0.15) is 0 Å². The van der Waals surface area contributed by atoms with E-state index in [1.807, 2.05) is 6.20 Å². The first-order valence-electron chi connectivity index (χ1n) is 7.12. The van der Waals surface area contributed by atoms with Gasteiger partial charge in [-0.15, -0.1) is 12.4 Å². The lowest BCUT2D eigenvalue weighted by Gasteiger charge is -2.31. The minimum absolute atomic E-state index is 0. The van der Waals surface area contributed by atoms with Gasteiger partial charge in [0.25, 0.3) is 0 Å². The van der Waals surface area contributed by atoms with Crippen LogP contribution in [0.5, 0.6) is 0 Å². The molecule has 3 nitrogen and oxygen atoms in total. The summed E-state index contributed by atoms with van der Waals surface area (Å²) < 4.78 is 0. The van der Waals surface area contributed by atoms with E-state index >= 15 is 0 Å². The van der Waals surface area contributed by atoms with E-state index in [1.54, 1.807) is 0 Å². The second kappa shape index (κ2) is 8.51. The van der Waals surface area contributed by atoms with E-state index in [1.165, 1.54) is 43.7 Å². The predicted octanol–water partition coefficient (Wildman–Crippen LogP) is 2.63.